The molecule has 9 atom stereocenters. The third kappa shape index (κ3) is 5.91. The molecule has 0 radical (unpaired) electrons. The van der Waals surface area contributed by atoms with Gasteiger partial charge < -0.3 is 9.84 Å². The Morgan fingerprint density at radius 3 is 2.38 bits per heavy atom. The van der Waals surface area contributed by atoms with Crippen LogP contribution in [0, 0.1) is 46.3 Å². The third-order valence-corrected chi connectivity index (χ3v) is 12.4. The molecule has 0 heterocycles. The molecule has 220 valence electrons. The molecule has 3 saturated carbocycles. The minimum Gasteiger partial charge on any atom is -0.481 e. The van der Waals surface area contributed by atoms with Gasteiger partial charge in [-0.25, -0.2) is 0 Å². The van der Waals surface area contributed by atoms with E-state index >= 15 is 0 Å². The van der Waals surface area contributed by atoms with Gasteiger partial charge in [0.05, 0.1) is 0 Å². The highest BCUT2D eigenvalue weighted by atomic mass is 16.5. The van der Waals surface area contributed by atoms with Gasteiger partial charge in [0.1, 0.15) is 6.10 Å². The van der Waals surface area contributed by atoms with Gasteiger partial charge in [-0.15, -0.1) is 0 Å². The molecule has 0 aromatic heterocycles. The molecule has 0 aromatic rings. The summed E-state index contributed by atoms with van der Waals surface area (Å²) in [5.41, 5.74) is 5.71. The van der Waals surface area contributed by atoms with Crippen molar-refractivity contribution < 1.29 is 19.4 Å². The topological polar surface area (TPSA) is 63.6 Å². The molecule has 4 aliphatic carbocycles. The van der Waals surface area contributed by atoms with Crippen LogP contribution in [0.3, 0.4) is 0 Å². The molecule has 3 fully saturated rings. The second-order valence-corrected chi connectivity index (χ2v) is 14.5. The van der Waals surface area contributed by atoms with Crippen LogP contribution in [0.15, 0.2) is 22.8 Å². The molecular weight excluding hydrogens is 484 g/mol. The number of fused-ring (bicyclic) bond motifs is 5. The van der Waals surface area contributed by atoms with Crippen LogP contribution >= 0.6 is 0 Å². The molecule has 4 aliphatic rings. The van der Waals surface area contributed by atoms with E-state index in [1.165, 1.54) is 50.5 Å². The van der Waals surface area contributed by atoms with Crippen molar-refractivity contribution in [2.75, 3.05) is 0 Å². The Labute approximate surface area is 238 Å². The van der Waals surface area contributed by atoms with E-state index in [4.69, 9.17) is 9.84 Å². The Hall–Kier alpha value is -1.58. The smallest absolute Gasteiger partial charge is 0.306 e. The minimum atomic E-state index is -0.851. The van der Waals surface area contributed by atoms with Crippen LogP contribution < -0.4 is 0 Å². The first-order valence-corrected chi connectivity index (χ1v) is 16.2. The Morgan fingerprint density at radius 2 is 1.72 bits per heavy atom. The fourth-order valence-corrected chi connectivity index (χ4v) is 10.1. The SMILES string of the molecule is CCC(CCC(C)C1CCC2C3=CCC4C(C)C(OC(=O)CCCC(=O)O)CCC4(C)C3CCC21C)=C(C)C. The second kappa shape index (κ2) is 12.1. The zero-order chi connectivity index (χ0) is 28.5. The maximum Gasteiger partial charge on any atom is 0.306 e. The predicted molar refractivity (Wildman–Crippen MR) is 158 cm³/mol. The molecule has 0 spiro atoms. The summed E-state index contributed by atoms with van der Waals surface area (Å²) in [6.07, 6.45) is 15.6. The molecule has 9 unspecified atom stereocenters. The molecule has 0 aromatic carbocycles. The summed E-state index contributed by atoms with van der Waals surface area (Å²) in [4.78, 5) is 23.3. The lowest BCUT2D eigenvalue weighted by atomic mass is 9.46. The molecule has 39 heavy (non-hydrogen) atoms. The maximum atomic E-state index is 12.5. The number of carbonyl (C=O) groups is 2. The van der Waals surface area contributed by atoms with Gasteiger partial charge in [0.15, 0.2) is 0 Å². The zero-order valence-electron chi connectivity index (χ0n) is 26.0. The Kier molecular flexibility index (Phi) is 9.44. The summed E-state index contributed by atoms with van der Waals surface area (Å²) in [7, 11) is 0. The number of carbonyl (C=O) groups excluding carboxylic acids is 1. The molecular formula is C35H56O4. The average molecular weight is 541 g/mol. The minimum absolute atomic E-state index is 0.0280. The quantitative estimate of drug-likeness (QED) is 0.222. The first kappa shape index (κ1) is 30.4. The highest BCUT2D eigenvalue weighted by molar-refractivity contribution is 5.71. The van der Waals surface area contributed by atoms with Gasteiger partial charge in [-0.1, -0.05) is 57.4 Å². The van der Waals surface area contributed by atoms with E-state index in [2.05, 4.69) is 54.5 Å². The summed E-state index contributed by atoms with van der Waals surface area (Å²) in [5, 5.41) is 8.87. The maximum absolute atomic E-state index is 12.5. The van der Waals surface area contributed by atoms with Gasteiger partial charge >= 0.3 is 11.9 Å². The number of ether oxygens (including phenoxy) is 1. The lowest BCUT2D eigenvalue weighted by molar-refractivity contribution is -0.161. The molecule has 0 aliphatic heterocycles. The second-order valence-electron chi connectivity index (χ2n) is 14.5. The van der Waals surface area contributed by atoms with Crippen molar-refractivity contribution >= 4 is 11.9 Å². The Bertz CT molecular complexity index is 973. The van der Waals surface area contributed by atoms with Gasteiger partial charge in [-0.05, 0) is 131 Å². The van der Waals surface area contributed by atoms with Gasteiger partial charge in [0.2, 0.25) is 0 Å². The van der Waals surface area contributed by atoms with Crippen LogP contribution in [0.25, 0.3) is 0 Å². The highest BCUT2D eigenvalue weighted by Crippen LogP contribution is 2.67. The number of aliphatic carboxylic acids is 1. The molecule has 1 N–H and O–H groups in total. The number of carboxylic acid groups (broad SMARTS) is 1. The van der Waals surface area contributed by atoms with Crippen molar-refractivity contribution in [3.05, 3.63) is 22.8 Å². The number of allylic oxidation sites excluding steroid dienone is 4. The summed E-state index contributed by atoms with van der Waals surface area (Å²) in [6.45, 7) is 16.9. The van der Waals surface area contributed by atoms with Crippen molar-refractivity contribution in [1.29, 1.82) is 0 Å². The molecule has 0 saturated heterocycles. The van der Waals surface area contributed by atoms with E-state index in [9.17, 15) is 9.59 Å². The van der Waals surface area contributed by atoms with Crippen molar-refractivity contribution in [3.63, 3.8) is 0 Å². The van der Waals surface area contributed by atoms with Gasteiger partial charge in [0.25, 0.3) is 0 Å². The van der Waals surface area contributed by atoms with Crippen LogP contribution in [0.2, 0.25) is 0 Å². The number of rotatable bonds is 10. The first-order valence-electron chi connectivity index (χ1n) is 16.2. The van der Waals surface area contributed by atoms with Crippen molar-refractivity contribution in [3.8, 4) is 0 Å². The summed E-state index contributed by atoms with van der Waals surface area (Å²) in [5.74, 6) is 2.86. The summed E-state index contributed by atoms with van der Waals surface area (Å²) in [6, 6.07) is 0. The molecule has 4 nitrogen and oxygen atoms in total. The standard InChI is InChI=1S/C35H56O4/c1-8-25(22(2)3)13-12-23(4)27-16-17-29-26-14-15-28-24(5)31(39-33(38)11-9-10-32(36)37)19-21-35(28,7)30(26)18-20-34(27,29)6/h14,23-24,27-31H,8-13,15-21H2,1-7H3,(H,36,37). The molecule has 4 heteroatoms. The fourth-order valence-electron chi connectivity index (χ4n) is 10.1. The summed E-state index contributed by atoms with van der Waals surface area (Å²) < 4.78 is 5.95. The molecule has 4 rings (SSSR count). The number of hydrogen-bond acceptors (Lipinski definition) is 3. The van der Waals surface area contributed by atoms with Crippen LogP contribution in [0.5, 0.6) is 0 Å². The normalized spacial score (nSPS) is 38.1. The average Bonchev–Trinajstić information content (AvgIpc) is 3.23. The number of hydrogen-bond donors (Lipinski definition) is 1. The predicted octanol–water partition coefficient (Wildman–Crippen LogP) is 9.14. The van der Waals surface area contributed by atoms with Crippen LogP contribution in [0.1, 0.15) is 132 Å². The lowest BCUT2D eigenvalue weighted by Crippen LogP contribution is -2.53. The van der Waals surface area contributed by atoms with Crippen LogP contribution in [-0.4, -0.2) is 23.1 Å². The third-order valence-electron chi connectivity index (χ3n) is 12.4. The number of carboxylic acids is 1. The van der Waals surface area contributed by atoms with Crippen molar-refractivity contribution in [2.24, 2.45) is 46.3 Å². The molecule has 0 bridgehead atoms. The largest absolute Gasteiger partial charge is 0.481 e. The van der Waals surface area contributed by atoms with Gasteiger partial charge in [-0.2, -0.15) is 0 Å². The van der Waals surface area contributed by atoms with E-state index in [-0.39, 0.29) is 24.9 Å². The van der Waals surface area contributed by atoms with E-state index in [0.29, 0.717) is 35.0 Å². The van der Waals surface area contributed by atoms with Gasteiger partial charge in [0, 0.05) is 12.8 Å². The van der Waals surface area contributed by atoms with E-state index in [1.54, 1.807) is 11.1 Å². The Balaban J connectivity index is 1.43. The number of esters is 1. The highest BCUT2D eigenvalue weighted by Gasteiger charge is 2.59. The monoisotopic (exact) mass is 540 g/mol. The van der Waals surface area contributed by atoms with Crippen LogP contribution in [0.4, 0.5) is 0 Å². The fraction of sp³-hybridized carbons (Fsp3) is 0.829. The first-order chi connectivity index (χ1) is 18.4. The summed E-state index contributed by atoms with van der Waals surface area (Å²) >= 11 is 0. The van der Waals surface area contributed by atoms with Crippen molar-refractivity contribution in [2.45, 2.75) is 138 Å². The van der Waals surface area contributed by atoms with Crippen molar-refractivity contribution in [1.82, 2.24) is 0 Å². The van der Waals surface area contributed by atoms with E-state index in [0.717, 1.165) is 37.0 Å². The van der Waals surface area contributed by atoms with E-state index in [1.807, 2.05) is 0 Å². The van der Waals surface area contributed by atoms with E-state index < -0.39 is 5.97 Å². The molecule has 0 amide bonds. The lowest BCUT2D eigenvalue weighted by Gasteiger charge is -2.59. The zero-order valence-corrected chi connectivity index (χ0v) is 26.0. The van der Waals surface area contributed by atoms with Crippen LogP contribution in [-0.2, 0) is 14.3 Å². The van der Waals surface area contributed by atoms with Gasteiger partial charge in [-0.3, -0.25) is 9.59 Å². The Morgan fingerprint density at radius 1 is 1.03 bits per heavy atom.